The van der Waals surface area contributed by atoms with Crippen LogP contribution in [-0.2, 0) is 9.59 Å². The van der Waals surface area contributed by atoms with Gasteiger partial charge in [-0.05, 0) is 69.3 Å². The summed E-state index contributed by atoms with van der Waals surface area (Å²) >= 11 is 0. The van der Waals surface area contributed by atoms with Gasteiger partial charge in [0.1, 0.15) is 11.5 Å². The van der Waals surface area contributed by atoms with E-state index >= 15 is 0 Å². The summed E-state index contributed by atoms with van der Waals surface area (Å²) < 4.78 is 11.0. The molecule has 2 amide bonds. The van der Waals surface area contributed by atoms with E-state index in [0.29, 0.717) is 18.8 Å². The van der Waals surface area contributed by atoms with Crippen LogP contribution in [0.25, 0.3) is 0 Å². The van der Waals surface area contributed by atoms with E-state index in [2.05, 4.69) is 5.32 Å². The third kappa shape index (κ3) is 6.61. The Balaban J connectivity index is 1.92. The molecule has 0 fully saturated rings. The third-order valence-corrected chi connectivity index (χ3v) is 3.91. The molecule has 0 aliphatic heterocycles. The van der Waals surface area contributed by atoms with E-state index in [-0.39, 0.29) is 24.3 Å². The van der Waals surface area contributed by atoms with E-state index in [4.69, 9.17) is 9.47 Å². The predicted molar refractivity (Wildman–Crippen MR) is 111 cm³/mol. The molecule has 0 radical (unpaired) electrons. The van der Waals surface area contributed by atoms with Gasteiger partial charge in [-0.25, -0.2) is 0 Å². The third-order valence-electron chi connectivity index (χ3n) is 3.91. The molecular formula is C22H28N2O4. The lowest BCUT2D eigenvalue weighted by Gasteiger charge is -2.21. The molecule has 2 aromatic rings. The van der Waals surface area contributed by atoms with E-state index in [1.165, 1.54) is 6.92 Å². The van der Waals surface area contributed by atoms with Gasteiger partial charge in [0.15, 0.2) is 0 Å². The summed E-state index contributed by atoms with van der Waals surface area (Å²) in [4.78, 5) is 25.9. The molecule has 0 unspecified atom stereocenters. The molecule has 2 rings (SSSR count). The zero-order chi connectivity index (χ0) is 20.5. The first kappa shape index (κ1) is 21.3. The fourth-order valence-electron chi connectivity index (χ4n) is 2.68. The summed E-state index contributed by atoms with van der Waals surface area (Å²) in [5.41, 5.74) is 1.43. The zero-order valence-electron chi connectivity index (χ0n) is 16.9. The molecule has 0 aliphatic rings. The summed E-state index contributed by atoms with van der Waals surface area (Å²) in [7, 11) is 0. The number of carbonyl (C=O) groups excluding carboxylic acids is 2. The molecule has 0 aromatic heterocycles. The van der Waals surface area contributed by atoms with Crippen LogP contribution in [0.2, 0.25) is 0 Å². The maximum Gasteiger partial charge on any atom is 0.226 e. The van der Waals surface area contributed by atoms with Crippen molar-refractivity contribution < 1.29 is 19.1 Å². The van der Waals surface area contributed by atoms with E-state index in [1.807, 2.05) is 57.2 Å². The standard InChI is InChI=1S/C22H28N2O4/c1-5-27-20-12-8-19(9-13-20)24(17(4)25)15-14-22(26)23-18-6-10-21(11-7-18)28-16(2)3/h6-13,16H,5,14-15H2,1-4H3,(H,23,26). The average molecular weight is 384 g/mol. The summed E-state index contributed by atoms with van der Waals surface area (Å²) in [6.45, 7) is 8.20. The lowest BCUT2D eigenvalue weighted by molar-refractivity contribution is -0.117. The van der Waals surface area contributed by atoms with Gasteiger partial charge in [0, 0.05) is 31.3 Å². The van der Waals surface area contributed by atoms with Crippen molar-refractivity contribution in [3.8, 4) is 11.5 Å². The van der Waals surface area contributed by atoms with Gasteiger partial charge in [-0.15, -0.1) is 0 Å². The molecule has 0 spiro atoms. The second-order valence-electron chi connectivity index (χ2n) is 6.59. The van der Waals surface area contributed by atoms with E-state index in [9.17, 15) is 9.59 Å². The van der Waals surface area contributed by atoms with Crippen molar-refractivity contribution in [3.63, 3.8) is 0 Å². The molecule has 6 nitrogen and oxygen atoms in total. The number of ether oxygens (including phenoxy) is 2. The topological polar surface area (TPSA) is 67.9 Å². The SMILES string of the molecule is CCOc1ccc(N(CCC(=O)Nc2ccc(OC(C)C)cc2)C(C)=O)cc1. The Bertz CT molecular complexity index is 770. The van der Waals surface area contributed by atoms with Crippen molar-refractivity contribution in [1.29, 1.82) is 0 Å². The second-order valence-corrected chi connectivity index (χ2v) is 6.59. The van der Waals surface area contributed by atoms with E-state index in [0.717, 1.165) is 17.2 Å². The summed E-state index contributed by atoms with van der Waals surface area (Å²) in [6, 6.07) is 14.5. The van der Waals surface area contributed by atoms with Crippen molar-refractivity contribution in [2.24, 2.45) is 0 Å². The molecule has 150 valence electrons. The maximum atomic E-state index is 12.3. The van der Waals surface area contributed by atoms with Crippen LogP contribution in [0, 0.1) is 0 Å². The molecule has 0 saturated carbocycles. The van der Waals surface area contributed by atoms with Crippen molar-refractivity contribution in [2.75, 3.05) is 23.4 Å². The Morgan fingerprint density at radius 1 is 1.00 bits per heavy atom. The first-order valence-electron chi connectivity index (χ1n) is 9.46. The Morgan fingerprint density at radius 3 is 2.14 bits per heavy atom. The van der Waals surface area contributed by atoms with Crippen LogP contribution in [0.1, 0.15) is 34.1 Å². The second kappa shape index (κ2) is 10.3. The van der Waals surface area contributed by atoms with Crippen LogP contribution in [0.5, 0.6) is 11.5 Å². The number of carbonyl (C=O) groups is 2. The Kier molecular flexibility index (Phi) is 7.87. The minimum absolute atomic E-state index is 0.0978. The van der Waals surface area contributed by atoms with Crippen molar-refractivity contribution in [3.05, 3.63) is 48.5 Å². The molecule has 0 bridgehead atoms. The molecule has 1 N–H and O–H groups in total. The van der Waals surface area contributed by atoms with Gasteiger partial charge < -0.3 is 19.7 Å². The summed E-state index contributed by atoms with van der Waals surface area (Å²) in [5.74, 6) is 1.23. The number of hydrogen-bond donors (Lipinski definition) is 1. The summed E-state index contributed by atoms with van der Waals surface area (Å²) in [5, 5.41) is 2.84. The van der Waals surface area contributed by atoms with Crippen LogP contribution >= 0.6 is 0 Å². The molecule has 0 saturated heterocycles. The first-order chi connectivity index (χ1) is 13.4. The van der Waals surface area contributed by atoms with Crippen LogP contribution in [-0.4, -0.2) is 31.1 Å². The smallest absolute Gasteiger partial charge is 0.226 e. The van der Waals surface area contributed by atoms with Gasteiger partial charge in [-0.2, -0.15) is 0 Å². The number of anilines is 2. The van der Waals surface area contributed by atoms with Crippen LogP contribution < -0.4 is 19.7 Å². The number of amides is 2. The minimum Gasteiger partial charge on any atom is -0.494 e. The van der Waals surface area contributed by atoms with Gasteiger partial charge in [0.2, 0.25) is 11.8 Å². The van der Waals surface area contributed by atoms with Gasteiger partial charge in [0.05, 0.1) is 12.7 Å². The Morgan fingerprint density at radius 2 is 1.61 bits per heavy atom. The molecule has 0 aliphatic carbocycles. The monoisotopic (exact) mass is 384 g/mol. The number of rotatable bonds is 9. The van der Waals surface area contributed by atoms with Gasteiger partial charge >= 0.3 is 0 Å². The van der Waals surface area contributed by atoms with E-state index < -0.39 is 0 Å². The number of benzene rings is 2. The summed E-state index contributed by atoms with van der Waals surface area (Å²) in [6.07, 6.45) is 0.289. The fraction of sp³-hybridized carbons (Fsp3) is 0.364. The molecule has 0 heterocycles. The van der Waals surface area contributed by atoms with Gasteiger partial charge in [-0.3, -0.25) is 9.59 Å². The lowest BCUT2D eigenvalue weighted by Crippen LogP contribution is -2.31. The quantitative estimate of drug-likeness (QED) is 0.702. The highest BCUT2D eigenvalue weighted by atomic mass is 16.5. The van der Waals surface area contributed by atoms with Crippen molar-refractivity contribution >= 4 is 23.2 Å². The predicted octanol–water partition coefficient (Wildman–Crippen LogP) is 4.25. The van der Waals surface area contributed by atoms with Crippen LogP contribution in [0.3, 0.4) is 0 Å². The highest BCUT2D eigenvalue weighted by Gasteiger charge is 2.14. The van der Waals surface area contributed by atoms with Crippen molar-refractivity contribution in [2.45, 2.75) is 40.2 Å². The number of hydrogen-bond acceptors (Lipinski definition) is 4. The zero-order valence-corrected chi connectivity index (χ0v) is 16.9. The molecule has 6 heteroatoms. The largest absolute Gasteiger partial charge is 0.494 e. The number of nitrogens with zero attached hydrogens (tertiary/aromatic N) is 1. The molecule has 28 heavy (non-hydrogen) atoms. The Labute approximate surface area is 166 Å². The van der Waals surface area contributed by atoms with Crippen molar-refractivity contribution in [1.82, 2.24) is 0 Å². The highest BCUT2D eigenvalue weighted by Crippen LogP contribution is 2.21. The Hall–Kier alpha value is -3.02. The van der Waals surface area contributed by atoms with Crippen LogP contribution in [0.4, 0.5) is 11.4 Å². The van der Waals surface area contributed by atoms with Gasteiger partial charge in [-0.1, -0.05) is 0 Å². The fourth-order valence-corrected chi connectivity index (χ4v) is 2.68. The van der Waals surface area contributed by atoms with Crippen LogP contribution in [0.15, 0.2) is 48.5 Å². The first-order valence-corrected chi connectivity index (χ1v) is 9.46. The molecule has 2 aromatic carbocycles. The molecule has 0 atom stereocenters. The normalized spacial score (nSPS) is 10.5. The average Bonchev–Trinajstić information content (AvgIpc) is 2.64. The lowest BCUT2D eigenvalue weighted by atomic mass is 10.2. The van der Waals surface area contributed by atoms with Gasteiger partial charge in [0.25, 0.3) is 0 Å². The minimum atomic E-state index is -0.158. The highest BCUT2D eigenvalue weighted by molar-refractivity contribution is 5.94. The number of nitrogens with one attached hydrogen (secondary N) is 1. The maximum absolute atomic E-state index is 12.3. The molecular weight excluding hydrogens is 356 g/mol. The van der Waals surface area contributed by atoms with E-state index in [1.54, 1.807) is 17.0 Å².